The molecule has 0 bridgehead atoms. The van der Waals surface area contributed by atoms with Crippen molar-refractivity contribution in [2.24, 2.45) is 0 Å². The summed E-state index contributed by atoms with van der Waals surface area (Å²) in [6, 6.07) is -0.767. The van der Waals surface area contributed by atoms with Crippen LogP contribution in [0.1, 0.15) is 34.2 Å². The molecule has 49 heavy (non-hydrogen) atoms. The van der Waals surface area contributed by atoms with E-state index in [2.05, 4.69) is 0 Å². The fourth-order valence-corrected chi connectivity index (χ4v) is 9.54. The van der Waals surface area contributed by atoms with E-state index >= 15 is 0 Å². The first kappa shape index (κ1) is 38.1. The molecule has 0 aromatic heterocycles. The van der Waals surface area contributed by atoms with Gasteiger partial charge in [-0.3, -0.25) is 4.31 Å². The summed E-state index contributed by atoms with van der Waals surface area (Å²) in [5, 5.41) is 0. The Morgan fingerprint density at radius 1 is 0.571 bits per heavy atom. The van der Waals surface area contributed by atoms with Gasteiger partial charge in [0.15, 0.2) is 0 Å². The van der Waals surface area contributed by atoms with Crippen molar-refractivity contribution in [1.82, 2.24) is 0 Å². The molecule has 0 unspecified atom stereocenters. The summed E-state index contributed by atoms with van der Waals surface area (Å²) < 4.78 is 244. The summed E-state index contributed by atoms with van der Waals surface area (Å²) in [5.74, 6) is 0. The SMILES string of the molecule is CS(=O)(=O)N1CCCc2ccc(N(S(=O)(=O)c3cc(C(F)(F)F)cc(C(F)(F)F)c3)S(=O)(=O)c3cc(C(F)(F)F)cc(C(F)(F)F)c3)cc21. The number of anilines is 2. The van der Waals surface area contributed by atoms with Gasteiger partial charge in [0.2, 0.25) is 10.0 Å². The summed E-state index contributed by atoms with van der Waals surface area (Å²) in [5.41, 5.74) is -10.7. The van der Waals surface area contributed by atoms with Gasteiger partial charge < -0.3 is 0 Å². The topological polar surface area (TPSA) is 109 Å². The number of alkyl halides is 12. The molecule has 0 saturated heterocycles. The van der Waals surface area contributed by atoms with Gasteiger partial charge in [-0.15, -0.1) is 0 Å². The average molecular weight is 779 g/mol. The molecule has 1 aliphatic heterocycles. The molecule has 23 heteroatoms. The van der Waals surface area contributed by atoms with Crippen LogP contribution in [-0.4, -0.2) is 38.1 Å². The number of benzene rings is 3. The third kappa shape index (κ3) is 7.71. The molecule has 270 valence electrons. The van der Waals surface area contributed by atoms with Crippen LogP contribution in [0.15, 0.2) is 64.4 Å². The van der Waals surface area contributed by atoms with E-state index < -0.39 is 138 Å². The fourth-order valence-electron chi connectivity index (χ4n) is 4.74. The van der Waals surface area contributed by atoms with Crippen LogP contribution in [0.4, 0.5) is 64.1 Å². The van der Waals surface area contributed by atoms with Gasteiger partial charge in [-0.1, -0.05) is 6.07 Å². The smallest absolute Gasteiger partial charge is 0.270 e. The Balaban J connectivity index is 2.15. The first-order valence-corrected chi connectivity index (χ1v) is 17.7. The lowest BCUT2D eigenvalue weighted by molar-refractivity contribution is -0.145. The Morgan fingerprint density at radius 3 is 1.27 bits per heavy atom. The zero-order valence-electron chi connectivity index (χ0n) is 23.9. The van der Waals surface area contributed by atoms with E-state index in [9.17, 15) is 77.9 Å². The average Bonchev–Trinajstić information content (AvgIpc) is 2.93. The first-order valence-electron chi connectivity index (χ1n) is 13.0. The second-order valence-electron chi connectivity index (χ2n) is 10.4. The third-order valence-electron chi connectivity index (χ3n) is 6.91. The maximum absolute atomic E-state index is 14.0. The summed E-state index contributed by atoms with van der Waals surface area (Å²) in [6.07, 6.45) is -21.9. The minimum atomic E-state index is -6.39. The van der Waals surface area contributed by atoms with Crippen LogP contribution >= 0.6 is 0 Å². The van der Waals surface area contributed by atoms with Gasteiger partial charge in [0, 0.05) is 6.54 Å². The van der Waals surface area contributed by atoms with Crippen molar-refractivity contribution in [1.29, 1.82) is 0 Å². The highest BCUT2D eigenvalue weighted by molar-refractivity contribution is 8.10. The molecular formula is C26H18F12N2O6S3. The van der Waals surface area contributed by atoms with Crippen LogP contribution in [0.3, 0.4) is 0 Å². The first-order chi connectivity index (χ1) is 21.9. The molecule has 1 aliphatic rings. The minimum Gasteiger partial charge on any atom is -0.270 e. The molecule has 0 fully saturated rings. The second kappa shape index (κ2) is 12.0. The van der Waals surface area contributed by atoms with Crippen molar-refractivity contribution in [2.75, 3.05) is 20.8 Å². The van der Waals surface area contributed by atoms with E-state index in [0.717, 1.165) is 6.07 Å². The van der Waals surface area contributed by atoms with Crippen LogP contribution in [0, 0.1) is 0 Å². The lowest BCUT2D eigenvalue weighted by Crippen LogP contribution is -2.38. The Hall–Kier alpha value is -3.73. The van der Waals surface area contributed by atoms with E-state index in [1.54, 1.807) is 0 Å². The van der Waals surface area contributed by atoms with E-state index in [0.29, 0.717) is 22.7 Å². The van der Waals surface area contributed by atoms with Crippen molar-refractivity contribution in [3.8, 4) is 0 Å². The van der Waals surface area contributed by atoms with Gasteiger partial charge in [0.1, 0.15) is 0 Å². The highest BCUT2D eigenvalue weighted by Gasteiger charge is 2.45. The number of hydrogen-bond acceptors (Lipinski definition) is 6. The van der Waals surface area contributed by atoms with E-state index in [1.165, 1.54) is 0 Å². The Bertz CT molecular complexity index is 1960. The largest absolute Gasteiger partial charge is 0.416 e. The number of aryl methyl sites for hydroxylation is 1. The molecule has 0 amide bonds. The maximum Gasteiger partial charge on any atom is 0.416 e. The maximum atomic E-state index is 14.0. The zero-order valence-corrected chi connectivity index (χ0v) is 26.4. The van der Waals surface area contributed by atoms with Crippen molar-refractivity contribution in [2.45, 2.75) is 47.3 Å². The standard InChI is InChI=1S/C26H18F12N2O6S3/c1-47(41,42)39-6-2-3-14-4-5-19(13-22(14)39)40(48(43,44)20-9-15(23(27,28)29)7-16(10-20)24(30,31)32)49(45,46)21-11-17(25(33,34)35)8-18(12-21)26(36,37)38/h4-5,7-13H,2-3,6H2,1H3. The van der Waals surface area contributed by atoms with Crippen molar-refractivity contribution < 1.29 is 77.9 Å². The van der Waals surface area contributed by atoms with Crippen LogP contribution in [0.25, 0.3) is 0 Å². The number of rotatable bonds is 6. The molecule has 8 nitrogen and oxygen atoms in total. The quantitative estimate of drug-likeness (QED) is 0.248. The van der Waals surface area contributed by atoms with Crippen molar-refractivity contribution in [3.63, 3.8) is 0 Å². The molecular weight excluding hydrogens is 760 g/mol. The van der Waals surface area contributed by atoms with Gasteiger partial charge in [0.05, 0.1) is 49.7 Å². The second-order valence-corrected chi connectivity index (χ2v) is 16.2. The molecule has 0 atom stereocenters. The highest BCUT2D eigenvalue weighted by atomic mass is 32.3. The number of sulfonamides is 3. The summed E-state index contributed by atoms with van der Waals surface area (Å²) in [7, 11) is -17.0. The van der Waals surface area contributed by atoms with Gasteiger partial charge in [-0.05, 0) is 66.9 Å². The molecule has 1 heterocycles. The molecule has 0 spiro atoms. The summed E-state index contributed by atoms with van der Waals surface area (Å²) in [4.78, 5) is -4.09. The Kier molecular flexibility index (Phi) is 9.29. The third-order valence-corrected chi connectivity index (χ3v) is 12.2. The Morgan fingerprint density at radius 2 is 0.939 bits per heavy atom. The summed E-state index contributed by atoms with van der Waals surface area (Å²) >= 11 is 0. The van der Waals surface area contributed by atoms with E-state index in [-0.39, 0.29) is 24.9 Å². The highest BCUT2D eigenvalue weighted by Crippen LogP contribution is 2.43. The van der Waals surface area contributed by atoms with Crippen LogP contribution in [0.2, 0.25) is 0 Å². The minimum absolute atomic E-state index is 0.0757. The van der Waals surface area contributed by atoms with Gasteiger partial charge in [0.25, 0.3) is 20.0 Å². The van der Waals surface area contributed by atoms with E-state index in [4.69, 9.17) is 0 Å². The predicted molar refractivity (Wildman–Crippen MR) is 147 cm³/mol. The molecule has 3 aromatic rings. The Labute approximate surface area is 269 Å². The predicted octanol–water partition coefficient (Wildman–Crippen LogP) is 7.06. The van der Waals surface area contributed by atoms with Gasteiger partial charge >= 0.3 is 24.7 Å². The number of nitrogens with zero attached hydrogens (tertiary/aromatic N) is 2. The lowest BCUT2D eigenvalue weighted by Gasteiger charge is -2.31. The molecule has 0 aliphatic carbocycles. The molecule has 4 rings (SSSR count). The van der Waals surface area contributed by atoms with Crippen LogP contribution in [-0.2, 0) is 61.2 Å². The number of fused-ring (bicyclic) bond motifs is 1. The summed E-state index contributed by atoms with van der Waals surface area (Å²) in [6.45, 7) is -0.292. The normalized spacial score (nSPS) is 15.2. The molecule has 0 N–H and O–H groups in total. The van der Waals surface area contributed by atoms with Gasteiger partial charge in [-0.2, -0.15) is 56.4 Å². The molecule has 0 saturated carbocycles. The monoisotopic (exact) mass is 778 g/mol. The lowest BCUT2D eigenvalue weighted by atomic mass is 10.0. The number of hydrogen-bond donors (Lipinski definition) is 0. The zero-order chi connectivity index (χ0) is 37.3. The fraction of sp³-hybridized carbons (Fsp3) is 0.308. The van der Waals surface area contributed by atoms with Gasteiger partial charge in [-0.25, -0.2) is 25.3 Å². The molecule has 3 aromatic carbocycles. The number of halogens is 12. The van der Waals surface area contributed by atoms with Crippen LogP contribution < -0.4 is 8.02 Å². The van der Waals surface area contributed by atoms with Crippen molar-refractivity contribution in [3.05, 3.63) is 82.4 Å². The van der Waals surface area contributed by atoms with Crippen molar-refractivity contribution >= 4 is 41.4 Å². The van der Waals surface area contributed by atoms with Crippen LogP contribution in [0.5, 0.6) is 0 Å². The van der Waals surface area contributed by atoms with E-state index in [1.807, 2.05) is 0 Å². The molecule has 0 radical (unpaired) electrons.